The van der Waals surface area contributed by atoms with E-state index in [0.29, 0.717) is 5.25 Å². The third-order valence-corrected chi connectivity index (χ3v) is 3.34. The zero-order valence-corrected chi connectivity index (χ0v) is 11.8. The molecule has 1 atom stereocenters. The van der Waals surface area contributed by atoms with Crippen LogP contribution in [0.5, 0.6) is 0 Å². The van der Waals surface area contributed by atoms with E-state index in [1.807, 2.05) is 11.8 Å². The Morgan fingerprint density at radius 1 is 1.31 bits per heavy atom. The topological polar surface area (TPSA) is 12.0 Å². The van der Waals surface area contributed by atoms with E-state index in [9.17, 15) is 0 Å². The van der Waals surface area contributed by atoms with Gasteiger partial charge in [-0.05, 0) is 39.8 Å². The van der Waals surface area contributed by atoms with Crippen molar-refractivity contribution in [3.63, 3.8) is 0 Å². The maximum absolute atomic E-state index is 3.54. The number of hydrogen-bond acceptors (Lipinski definition) is 2. The summed E-state index contributed by atoms with van der Waals surface area (Å²) in [6.45, 7) is 12.1. The Kier molecular flexibility index (Phi) is 4.88. The highest BCUT2D eigenvalue weighted by atomic mass is 32.2. The summed E-state index contributed by atoms with van der Waals surface area (Å²) in [5.74, 6) is 0. The van der Waals surface area contributed by atoms with Crippen molar-refractivity contribution in [3.05, 3.63) is 29.8 Å². The third-order valence-electron chi connectivity index (χ3n) is 2.25. The molecule has 0 aliphatic carbocycles. The summed E-state index contributed by atoms with van der Waals surface area (Å²) >= 11 is 1.94. The van der Waals surface area contributed by atoms with Gasteiger partial charge in [0.2, 0.25) is 0 Å². The number of benzene rings is 1. The molecule has 0 spiro atoms. The maximum atomic E-state index is 3.54. The Bertz CT molecular complexity index is 328. The summed E-state index contributed by atoms with van der Waals surface area (Å²) in [5, 5.41) is 4.13. The van der Waals surface area contributed by atoms with E-state index in [4.69, 9.17) is 0 Å². The van der Waals surface area contributed by atoms with Gasteiger partial charge in [-0.15, -0.1) is 11.8 Å². The van der Waals surface area contributed by atoms with Gasteiger partial charge in [-0.1, -0.05) is 24.6 Å². The summed E-state index contributed by atoms with van der Waals surface area (Å²) < 4.78 is 0. The third kappa shape index (κ3) is 5.57. The Hall–Kier alpha value is -0.470. The number of thioether (sulfide) groups is 1. The van der Waals surface area contributed by atoms with Crippen molar-refractivity contribution in [2.75, 3.05) is 6.54 Å². The monoisotopic (exact) mass is 237 g/mol. The van der Waals surface area contributed by atoms with Crippen LogP contribution in [0, 0.1) is 6.92 Å². The zero-order valence-electron chi connectivity index (χ0n) is 11.0. The second-order valence-electron chi connectivity index (χ2n) is 5.38. The predicted molar refractivity (Wildman–Crippen MR) is 74.3 cm³/mol. The van der Waals surface area contributed by atoms with Crippen molar-refractivity contribution in [1.82, 2.24) is 5.32 Å². The van der Waals surface area contributed by atoms with Gasteiger partial charge in [-0.25, -0.2) is 0 Å². The van der Waals surface area contributed by atoms with E-state index < -0.39 is 0 Å². The van der Waals surface area contributed by atoms with Crippen LogP contribution in [0.4, 0.5) is 0 Å². The van der Waals surface area contributed by atoms with Crippen LogP contribution < -0.4 is 5.32 Å². The van der Waals surface area contributed by atoms with Crippen molar-refractivity contribution in [1.29, 1.82) is 0 Å². The number of hydrogen-bond donors (Lipinski definition) is 1. The normalized spacial score (nSPS) is 13.8. The first-order valence-electron chi connectivity index (χ1n) is 5.85. The summed E-state index contributed by atoms with van der Waals surface area (Å²) in [6.07, 6.45) is 0. The van der Waals surface area contributed by atoms with Crippen LogP contribution in [-0.4, -0.2) is 17.3 Å². The van der Waals surface area contributed by atoms with E-state index in [1.165, 1.54) is 10.5 Å². The van der Waals surface area contributed by atoms with Gasteiger partial charge in [0.05, 0.1) is 0 Å². The molecule has 0 fully saturated rings. The predicted octanol–water partition coefficient (Wildman–Crippen LogP) is 3.86. The Balaban J connectivity index is 2.43. The molecule has 1 rings (SSSR count). The Morgan fingerprint density at radius 3 is 2.56 bits per heavy atom. The van der Waals surface area contributed by atoms with E-state index in [1.54, 1.807) is 0 Å². The smallest absolute Gasteiger partial charge is 0.0191 e. The van der Waals surface area contributed by atoms with Gasteiger partial charge >= 0.3 is 0 Å². The minimum atomic E-state index is 0.210. The molecule has 0 aliphatic rings. The summed E-state index contributed by atoms with van der Waals surface area (Å²) in [5.41, 5.74) is 1.54. The second kappa shape index (κ2) is 5.74. The van der Waals surface area contributed by atoms with Gasteiger partial charge in [-0.2, -0.15) is 0 Å². The summed E-state index contributed by atoms with van der Waals surface area (Å²) in [7, 11) is 0. The molecule has 0 heterocycles. The average molecular weight is 237 g/mol. The lowest BCUT2D eigenvalue weighted by Gasteiger charge is -2.23. The fraction of sp³-hybridized carbons (Fsp3) is 0.571. The van der Waals surface area contributed by atoms with Crippen LogP contribution in [0.15, 0.2) is 29.2 Å². The van der Waals surface area contributed by atoms with Crippen molar-refractivity contribution in [2.24, 2.45) is 0 Å². The first-order chi connectivity index (χ1) is 7.37. The van der Waals surface area contributed by atoms with Gasteiger partial charge in [-0.3, -0.25) is 0 Å². The number of nitrogens with one attached hydrogen (secondary N) is 1. The van der Waals surface area contributed by atoms with Crippen molar-refractivity contribution >= 4 is 11.8 Å². The highest BCUT2D eigenvalue weighted by molar-refractivity contribution is 8.00. The molecule has 0 aliphatic heterocycles. The van der Waals surface area contributed by atoms with E-state index in [0.717, 1.165) is 6.54 Å². The molecular weight excluding hydrogens is 214 g/mol. The lowest BCUT2D eigenvalue weighted by atomic mass is 10.1. The van der Waals surface area contributed by atoms with Crippen LogP contribution >= 0.6 is 11.8 Å². The van der Waals surface area contributed by atoms with Gasteiger partial charge in [0.1, 0.15) is 0 Å². The van der Waals surface area contributed by atoms with Crippen LogP contribution in [0.25, 0.3) is 0 Å². The number of aryl methyl sites for hydroxylation is 1. The van der Waals surface area contributed by atoms with Gasteiger partial charge in [0, 0.05) is 22.2 Å². The fourth-order valence-electron chi connectivity index (χ4n) is 1.41. The molecule has 0 saturated heterocycles. The number of rotatable bonds is 4. The molecule has 0 bridgehead atoms. The van der Waals surface area contributed by atoms with E-state index in [-0.39, 0.29) is 5.54 Å². The summed E-state index contributed by atoms with van der Waals surface area (Å²) in [4.78, 5) is 1.36. The van der Waals surface area contributed by atoms with Gasteiger partial charge in [0.15, 0.2) is 0 Å². The van der Waals surface area contributed by atoms with Crippen molar-refractivity contribution < 1.29 is 0 Å². The van der Waals surface area contributed by atoms with Crippen molar-refractivity contribution in [2.45, 2.75) is 50.3 Å². The van der Waals surface area contributed by atoms with Crippen LogP contribution in [0.1, 0.15) is 33.3 Å². The lowest BCUT2D eigenvalue weighted by Crippen LogP contribution is -2.39. The van der Waals surface area contributed by atoms with Gasteiger partial charge < -0.3 is 5.32 Å². The molecule has 1 aromatic rings. The van der Waals surface area contributed by atoms with Crippen molar-refractivity contribution in [3.8, 4) is 0 Å². The molecule has 1 aromatic carbocycles. The minimum Gasteiger partial charge on any atom is -0.311 e. The Labute approximate surface area is 104 Å². The molecular formula is C14H23NS. The van der Waals surface area contributed by atoms with Crippen LogP contribution in [-0.2, 0) is 0 Å². The summed E-state index contributed by atoms with van der Waals surface area (Å²) in [6, 6.07) is 8.70. The molecule has 1 unspecified atom stereocenters. The van der Waals surface area contributed by atoms with Crippen LogP contribution in [0.3, 0.4) is 0 Å². The largest absolute Gasteiger partial charge is 0.311 e. The fourth-order valence-corrected chi connectivity index (χ4v) is 2.45. The molecule has 0 saturated carbocycles. The van der Waals surface area contributed by atoms with Gasteiger partial charge in [0.25, 0.3) is 0 Å². The van der Waals surface area contributed by atoms with Crippen LogP contribution in [0.2, 0.25) is 0 Å². The van der Waals surface area contributed by atoms with E-state index >= 15 is 0 Å². The molecule has 16 heavy (non-hydrogen) atoms. The van der Waals surface area contributed by atoms with E-state index in [2.05, 4.69) is 64.2 Å². The second-order valence-corrected chi connectivity index (χ2v) is 6.89. The molecule has 0 amide bonds. The molecule has 90 valence electrons. The molecule has 2 heteroatoms. The molecule has 1 N–H and O–H groups in total. The average Bonchev–Trinajstić information content (AvgIpc) is 2.14. The SMILES string of the molecule is Cc1cccc(SC(C)CNC(C)(C)C)c1. The first kappa shape index (κ1) is 13.6. The highest BCUT2D eigenvalue weighted by Crippen LogP contribution is 2.23. The molecule has 0 aromatic heterocycles. The maximum Gasteiger partial charge on any atom is 0.0191 e. The first-order valence-corrected chi connectivity index (χ1v) is 6.73. The quantitative estimate of drug-likeness (QED) is 0.798. The Morgan fingerprint density at radius 2 is 2.00 bits per heavy atom. The standard InChI is InChI=1S/C14H23NS/c1-11-7-6-8-13(9-11)16-12(2)10-15-14(3,4)5/h6-9,12,15H,10H2,1-5H3. The lowest BCUT2D eigenvalue weighted by molar-refractivity contribution is 0.429. The molecule has 1 nitrogen and oxygen atoms in total. The minimum absolute atomic E-state index is 0.210. The zero-order chi connectivity index (χ0) is 12.2. The highest BCUT2D eigenvalue weighted by Gasteiger charge is 2.11. The molecule has 0 radical (unpaired) electrons.